The maximum absolute atomic E-state index is 6.13. The van der Waals surface area contributed by atoms with Crippen molar-refractivity contribution in [3.8, 4) is 11.8 Å². The average Bonchev–Trinajstić information content (AvgIpc) is 2.69. The molecule has 1 atom stereocenters. The molecule has 124 valence electrons. The molecule has 3 rings (SSSR count). The molecule has 0 spiro atoms. The van der Waals surface area contributed by atoms with Gasteiger partial charge in [0.15, 0.2) is 0 Å². The highest BCUT2D eigenvalue weighted by molar-refractivity contribution is 7.99. The molecule has 1 unspecified atom stereocenters. The number of thioether (sulfide) groups is 1. The Morgan fingerprint density at radius 1 is 0.760 bits per heavy atom. The first-order valence-corrected chi connectivity index (χ1v) is 9.22. The molecule has 0 bridgehead atoms. The Kier molecular flexibility index (Phi) is 6.76. The zero-order valence-electron chi connectivity index (χ0n) is 14.0. The Bertz CT molecular complexity index is 804. The molecule has 0 heterocycles. The van der Waals surface area contributed by atoms with E-state index in [1.807, 2.05) is 54.6 Å². The summed E-state index contributed by atoms with van der Waals surface area (Å²) in [5.41, 5.74) is 2.19. The van der Waals surface area contributed by atoms with E-state index in [1.54, 1.807) is 11.8 Å². The van der Waals surface area contributed by atoms with Gasteiger partial charge in [0, 0.05) is 16.9 Å². The summed E-state index contributed by atoms with van der Waals surface area (Å²) in [5, 5.41) is 0. The van der Waals surface area contributed by atoms with Crippen LogP contribution in [0.2, 0.25) is 0 Å². The highest BCUT2D eigenvalue weighted by Crippen LogP contribution is 2.35. The van der Waals surface area contributed by atoms with Crippen LogP contribution in [0.4, 0.5) is 0 Å². The minimum atomic E-state index is -0.0258. The van der Waals surface area contributed by atoms with E-state index in [2.05, 4.69) is 48.2 Å². The maximum atomic E-state index is 6.13. The molecular weight excluding hydrogens is 324 g/mol. The molecule has 0 aliphatic heterocycles. The van der Waals surface area contributed by atoms with Gasteiger partial charge in [-0.05, 0) is 29.8 Å². The minimum absolute atomic E-state index is 0.0258. The second-order valence-electron chi connectivity index (χ2n) is 5.46. The molecule has 0 aromatic heterocycles. The number of benzene rings is 3. The lowest BCUT2D eigenvalue weighted by atomic mass is 10.2. The third kappa shape index (κ3) is 5.83. The Balaban J connectivity index is 1.59. The highest BCUT2D eigenvalue weighted by Gasteiger charge is 2.13. The van der Waals surface area contributed by atoms with Crippen LogP contribution < -0.4 is 0 Å². The summed E-state index contributed by atoms with van der Waals surface area (Å²) in [5.74, 6) is 6.36. The van der Waals surface area contributed by atoms with Gasteiger partial charge in [-0.1, -0.05) is 90.3 Å². The lowest BCUT2D eigenvalue weighted by Crippen LogP contribution is -2.01. The van der Waals surface area contributed by atoms with Crippen molar-refractivity contribution in [3.05, 3.63) is 102 Å². The second kappa shape index (κ2) is 9.74. The van der Waals surface area contributed by atoms with Gasteiger partial charge in [0.25, 0.3) is 0 Å². The molecule has 2 heteroatoms. The van der Waals surface area contributed by atoms with Crippen LogP contribution in [0.1, 0.15) is 23.0 Å². The van der Waals surface area contributed by atoms with Gasteiger partial charge >= 0.3 is 0 Å². The van der Waals surface area contributed by atoms with E-state index >= 15 is 0 Å². The van der Waals surface area contributed by atoms with Crippen LogP contribution in [-0.4, -0.2) is 6.61 Å². The fraction of sp³-hybridized carbons (Fsp3) is 0.130. The molecule has 3 aromatic rings. The SMILES string of the molecule is C(#Cc1ccccc1)CCOC(Sc1ccccc1)c1ccccc1. The van der Waals surface area contributed by atoms with Crippen LogP contribution in [0.5, 0.6) is 0 Å². The van der Waals surface area contributed by atoms with E-state index in [0.29, 0.717) is 13.0 Å². The molecule has 0 saturated carbocycles. The third-order valence-electron chi connectivity index (χ3n) is 3.56. The van der Waals surface area contributed by atoms with Crippen molar-refractivity contribution in [2.45, 2.75) is 16.8 Å². The molecule has 3 aromatic carbocycles. The van der Waals surface area contributed by atoms with Gasteiger partial charge in [-0.2, -0.15) is 0 Å². The minimum Gasteiger partial charge on any atom is -0.361 e. The number of hydrogen-bond acceptors (Lipinski definition) is 2. The molecule has 0 N–H and O–H groups in total. The number of rotatable bonds is 6. The Labute approximate surface area is 154 Å². The quantitative estimate of drug-likeness (QED) is 0.237. The van der Waals surface area contributed by atoms with Crippen molar-refractivity contribution in [3.63, 3.8) is 0 Å². The Morgan fingerprint density at radius 2 is 1.36 bits per heavy atom. The summed E-state index contributed by atoms with van der Waals surface area (Å²) >= 11 is 1.73. The predicted octanol–water partition coefficient (Wildman–Crippen LogP) is 5.94. The molecular formula is C23H20OS. The molecule has 1 nitrogen and oxygen atoms in total. The molecule has 0 aliphatic carbocycles. The van der Waals surface area contributed by atoms with Gasteiger partial charge in [0.1, 0.15) is 5.44 Å². The van der Waals surface area contributed by atoms with E-state index in [4.69, 9.17) is 4.74 Å². The molecule has 0 saturated heterocycles. The predicted molar refractivity (Wildman–Crippen MR) is 105 cm³/mol. The smallest absolute Gasteiger partial charge is 0.132 e. The summed E-state index contributed by atoms with van der Waals surface area (Å²) < 4.78 is 6.13. The summed E-state index contributed by atoms with van der Waals surface area (Å²) in [6.07, 6.45) is 0.716. The van der Waals surface area contributed by atoms with Crippen molar-refractivity contribution in [2.75, 3.05) is 6.61 Å². The van der Waals surface area contributed by atoms with Crippen molar-refractivity contribution < 1.29 is 4.74 Å². The van der Waals surface area contributed by atoms with Crippen molar-refractivity contribution >= 4 is 11.8 Å². The van der Waals surface area contributed by atoms with Gasteiger partial charge in [0.05, 0.1) is 6.61 Å². The molecule has 0 aliphatic rings. The fourth-order valence-electron chi connectivity index (χ4n) is 2.33. The van der Waals surface area contributed by atoms with Gasteiger partial charge in [-0.25, -0.2) is 0 Å². The zero-order chi connectivity index (χ0) is 17.2. The summed E-state index contributed by atoms with van der Waals surface area (Å²) in [6, 6.07) is 30.7. The van der Waals surface area contributed by atoms with E-state index in [-0.39, 0.29) is 5.44 Å². The highest BCUT2D eigenvalue weighted by atomic mass is 32.2. The topological polar surface area (TPSA) is 9.23 Å². The van der Waals surface area contributed by atoms with Gasteiger partial charge in [-0.15, -0.1) is 0 Å². The molecule has 0 fully saturated rings. The zero-order valence-corrected chi connectivity index (χ0v) is 14.8. The standard InChI is InChI=1S/C23H20OS/c1-4-12-20(13-5-1)14-10-11-19-24-23(21-15-6-2-7-16-21)25-22-17-8-3-9-18-22/h1-9,12-13,15-18,23H,11,19H2. The van der Waals surface area contributed by atoms with Crippen molar-refractivity contribution in [2.24, 2.45) is 0 Å². The number of hydrogen-bond donors (Lipinski definition) is 0. The molecule has 25 heavy (non-hydrogen) atoms. The van der Waals surface area contributed by atoms with Crippen molar-refractivity contribution in [1.29, 1.82) is 0 Å². The van der Waals surface area contributed by atoms with Gasteiger partial charge < -0.3 is 4.74 Å². The first-order valence-electron chi connectivity index (χ1n) is 8.34. The lowest BCUT2D eigenvalue weighted by molar-refractivity contribution is 0.119. The maximum Gasteiger partial charge on any atom is 0.132 e. The third-order valence-corrected chi connectivity index (χ3v) is 4.73. The first kappa shape index (κ1) is 17.4. The fourth-order valence-corrected chi connectivity index (χ4v) is 3.35. The molecule has 0 amide bonds. The number of ether oxygens (including phenoxy) is 1. The van der Waals surface area contributed by atoms with Crippen LogP contribution in [-0.2, 0) is 4.74 Å². The van der Waals surface area contributed by atoms with E-state index in [9.17, 15) is 0 Å². The monoisotopic (exact) mass is 344 g/mol. The largest absolute Gasteiger partial charge is 0.361 e. The summed E-state index contributed by atoms with van der Waals surface area (Å²) in [6.45, 7) is 0.610. The van der Waals surface area contributed by atoms with Gasteiger partial charge in [0.2, 0.25) is 0 Å². The van der Waals surface area contributed by atoms with Crippen LogP contribution in [0.25, 0.3) is 0 Å². The Morgan fingerprint density at radius 3 is 2.04 bits per heavy atom. The van der Waals surface area contributed by atoms with Gasteiger partial charge in [-0.3, -0.25) is 0 Å². The Hall–Kier alpha value is -2.47. The van der Waals surface area contributed by atoms with E-state index in [1.165, 1.54) is 10.5 Å². The van der Waals surface area contributed by atoms with Crippen LogP contribution in [0.3, 0.4) is 0 Å². The second-order valence-corrected chi connectivity index (χ2v) is 6.60. The lowest BCUT2D eigenvalue weighted by Gasteiger charge is -2.17. The van der Waals surface area contributed by atoms with Crippen LogP contribution in [0.15, 0.2) is 95.9 Å². The van der Waals surface area contributed by atoms with E-state index < -0.39 is 0 Å². The average molecular weight is 344 g/mol. The van der Waals surface area contributed by atoms with Crippen LogP contribution in [0, 0.1) is 11.8 Å². The van der Waals surface area contributed by atoms with E-state index in [0.717, 1.165) is 5.56 Å². The molecule has 0 radical (unpaired) electrons. The van der Waals surface area contributed by atoms with Crippen molar-refractivity contribution in [1.82, 2.24) is 0 Å². The van der Waals surface area contributed by atoms with Crippen LogP contribution >= 0.6 is 11.8 Å². The summed E-state index contributed by atoms with van der Waals surface area (Å²) in [7, 11) is 0. The normalized spacial score (nSPS) is 11.4. The summed E-state index contributed by atoms with van der Waals surface area (Å²) in [4.78, 5) is 1.20. The first-order chi connectivity index (χ1) is 12.4.